The van der Waals surface area contributed by atoms with E-state index in [1.165, 1.54) is 0 Å². The van der Waals surface area contributed by atoms with Gasteiger partial charge in [0, 0.05) is 12.2 Å². The summed E-state index contributed by atoms with van der Waals surface area (Å²) >= 11 is 5.92. The molecule has 2 atom stereocenters. The smallest absolute Gasteiger partial charge is 0.126 e. The third kappa shape index (κ3) is 2.41. The molecule has 0 bridgehead atoms. The van der Waals surface area contributed by atoms with Crippen LogP contribution in [0.4, 0.5) is 5.82 Å². The second-order valence-corrected chi connectivity index (χ2v) is 4.69. The van der Waals surface area contributed by atoms with Crippen molar-refractivity contribution in [3.8, 4) is 0 Å². The van der Waals surface area contributed by atoms with Crippen LogP contribution >= 0.6 is 11.6 Å². The summed E-state index contributed by atoms with van der Waals surface area (Å²) in [6.45, 7) is 0. The Balaban J connectivity index is 2.24. The molecule has 15 heavy (non-hydrogen) atoms. The Bertz CT molecular complexity index is 354. The van der Waals surface area contributed by atoms with Crippen LogP contribution in [0.5, 0.6) is 0 Å². The SMILES string of the molecule is Nc1ncc(Cl)cc1C1CCCC(N)C1. The molecule has 2 rings (SSSR count). The summed E-state index contributed by atoms with van der Waals surface area (Å²) in [6.07, 6.45) is 6.00. The number of hydrogen-bond acceptors (Lipinski definition) is 3. The fourth-order valence-electron chi connectivity index (χ4n) is 2.30. The lowest BCUT2D eigenvalue weighted by atomic mass is 9.82. The van der Waals surface area contributed by atoms with Gasteiger partial charge in [-0.2, -0.15) is 0 Å². The molecule has 1 aromatic heterocycles. The van der Waals surface area contributed by atoms with Gasteiger partial charge in [0.2, 0.25) is 0 Å². The normalized spacial score (nSPS) is 26.5. The number of anilines is 1. The first-order valence-electron chi connectivity index (χ1n) is 5.33. The molecule has 0 saturated heterocycles. The molecule has 4 N–H and O–H groups in total. The van der Waals surface area contributed by atoms with Gasteiger partial charge in [-0.1, -0.05) is 18.0 Å². The first-order valence-corrected chi connectivity index (χ1v) is 5.71. The Kier molecular flexibility index (Phi) is 3.12. The quantitative estimate of drug-likeness (QED) is 0.771. The van der Waals surface area contributed by atoms with Crippen molar-refractivity contribution in [2.24, 2.45) is 5.73 Å². The molecule has 0 radical (unpaired) electrons. The highest BCUT2D eigenvalue weighted by molar-refractivity contribution is 6.30. The number of nitrogens with zero attached hydrogens (tertiary/aromatic N) is 1. The first kappa shape index (κ1) is 10.7. The van der Waals surface area contributed by atoms with Crippen molar-refractivity contribution in [3.05, 3.63) is 22.8 Å². The number of hydrogen-bond donors (Lipinski definition) is 2. The lowest BCUT2D eigenvalue weighted by molar-refractivity contribution is 0.393. The summed E-state index contributed by atoms with van der Waals surface area (Å²) in [7, 11) is 0. The molecule has 0 amide bonds. The molecule has 0 spiro atoms. The lowest BCUT2D eigenvalue weighted by Crippen LogP contribution is -2.27. The van der Waals surface area contributed by atoms with Gasteiger partial charge in [-0.15, -0.1) is 0 Å². The predicted molar refractivity (Wildman–Crippen MR) is 62.8 cm³/mol. The van der Waals surface area contributed by atoms with Crippen LogP contribution < -0.4 is 11.5 Å². The van der Waals surface area contributed by atoms with Crippen molar-refractivity contribution < 1.29 is 0 Å². The van der Waals surface area contributed by atoms with Crippen LogP contribution in [0.1, 0.15) is 37.2 Å². The molecule has 1 aliphatic carbocycles. The zero-order valence-corrected chi connectivity index (χ0v) is 9.37. The van der Waals surface area contributed by atoms with Crippen LogP contribution in [0.25, 0.3) is 0 Å². The van der Waals surface area contributed by atoms with E-state index in [4.69, 9.17) is 23.1 Å². The van der Waals surface area contributed by atoms with Crippen molar-refractivity contribution in [2.75, 3.05) is 5.73 Å². The number of pyridine rings is 1. The van der Waals surface area contributed by atoms with Crippen molar-refractivity contribution in [3.63, 3.8) is 0 Å². The molecule has 0 aromatic carbocycles. The highest BCUT2D eigenvalue weighted by Gasteiger charge is 2.22. The number of rotatable bonds is 1. The zero-order chi connectivity index (χ0) is 10.8. The van der Waals surface area contributed by atoms with Crippen LogP contribution in [-0.4, -0.2) is 11.0 Å². The van der Waals surface area contributed by atoms with Crippen molar-refractivity contribution in [2.45, 2.75) is 37.6 Å². The topological polar surface area (TPSA) is 64.9 Å². The number of aromatic nitrogens is 1. The van der Waals surface area contributed by atoms with E-state index in [-0.39, 0.29) is 0 Å². The van der Waals surface area contributed by atoms with E-state index in [0.29, 0.717) is 22.8 Å². The number of nitrogens with two attached hydrogens (primary N) is 2. The Morgan fingerprint density at radius 1 is 1.40 bits per heavy atom. The minimum atomic E-state index is 0.294. The van der Waals surface area contributed by atoms with E-state index in [2.05, 4.69) is 4.98 Å². The minimum absolute atomic E-state index is 0.294. The van der Waals surface area contributed by atoms with Crippen LogP contribution in [0, 0.1) is 0 Å². The zero-order valence-electron chi connectivity index (χ0n) is 8.62. The molecule has 1 heterocycles. The Labute approximate surface area is 94.8 Å². The highest BCUT2D eigenvalue weighted by atomic mass is 35.5. The van der Waals surface area contributed by atoms with E-state index in [9.17, 15) is 0 Å². The molecule has 3 nitrogen and oxygen atoms in total. The fourth-order valence-corrected chi connectivity index (χ4v) is 2.47. The maximum absolute atomic E-state index is 5.96. The molecule has 82 valence electrons. The van der Waals surface area contributed by atoms with Gasteiger partial charge in [0.05, 0.1) is 5.02 Å². The molecule has 0 aliphatic heterocycles. The number of halogens is 1. The molecule has 1 aliphatic rings. The Morgan fingerprint density at radius 2 is 2.20 bits per heavy atom. The van der Waals surface area contributed by atoms with Crippen LogP contribution in [-0.2, 0) is 0 Å². The first-order chi connectivity index (χ1) is 7.16. The van der Waals surface area contributed by atoms with Crippen molar-refractivity contribution >= 4 is 17.4 Å². The van der Waals surface area contributed by atoms with Crippen molar-refractivity contribution in [1.29, 1.82) is 0 Å². The lowest BCUT2D eigenvalue weighted by Gasteiger charge is -2.27. The molecular weight excluding hydrogens is 210 g/mol. The van der Waals surface area contributed by atoms with Gasteiger partial charge in [0.25, 0.3) is 0 Å². The van der Waals surface area contributed by atoms with Crippen LogP contribution in [0.2, 0.25) is 5.02 Å². The van der Waals surface area contributed by atoms with Gasteiger partial charge in [-0.05, 0) is 36.8 Å². The van der Waals surface area contributed by atoms with Crippen LogP contribution in [0.3, 0.4) is 0 Å². The number of nitrogen functional groups attached to an aromatic ring is 1. The molecule has 1 saturated carbocycles. The second kappa shape index (κ2) is 4.37. The summed E-state index contributed by atoms with van der Waals surface area (Å²) in [5.74, 6) is 1.03. The predicted octanol–water partition coefficient (Wildman–Crippen LogP) is 2.30. The maximum atomic E-state index is 5.96. The van der Waals surface area contributed by atoms with E-state index in [0.717, 1.165) is 31.2 Å². The molecule has 1 aromatic rings. The average molecular weight is 226 g/mol. The summed E-state index contributed by atoms with van der Waals surface area (Å²) in [6, 6.07) is 2.22. The molecule has 1 fully saturated rings. The average Bonchev–Trinajstić information content (AvgIpc) is 2.22. The van der Waals surface area contributed by atoms with Gasteiger partial charge in [-0.25, -0.2) is 4.98 Å². The Morgan fingerprint density at radius 3 is 2.93 bits per heavy atom. The van der Waals surface area contributed by atoms with Gasteiger partial charge < -0.3 is 11.5 Å². The summed E-state index contributed by atoms with van der Waals surface area (Å²) in [5.41, 5.74) is 12.9. The van der Waals surface area contributed by atoms with E-state index >= 15 is 0 Å². The Hall–Kier alpha value is -0.800. The maximum Gasteiger partial charge on any atom is 0.126 e. The monoisotopic (exact) mass is 225 g/mol. The van der Waals surface area contributed by atoms with Gasteiger partial charge in [0.15, 0.2) is 0 Å². The summed E-state index contributed by atoms with van der Waals surface area (Å²) < 4.78 is 0. The minimum Gasteiger partial charge on any atom is -0.383 e. The third-order valence-corrected chi connectivity index (χ3v) is 3.28. The largest absolute Gasteiger partial charge is 0.383 e. The standard InChI is InChI=1S/C11H16ClN3/c12-8-5-10(11(14)15-6-8)7-2-1-3-9(13)4-7/h5-7,9H,1-4,13H2,(H2,14,15). The van der Waals surface area contributed by atoms with E-state index < -0.39 is 0 Å². The summed E-state index contributed by atoms with van der Waals surface area (Å²) in [5, 5.41) is 0.651. The second-order valence-electron chi connectivity index (χ2n) is 4.25. The third-order valence-electron chi connectivity index (χ3n) is 3.07. The molecular formula is C11H16ClN3. The van der Waals surface area contributed by atoms with Crippen molar-refractivity contribution in [1.82, 2.24) is 4.98 Å². The summed E-state index contributed by atoms with van der Waals surface area (Å²) in [4.78, 5) is 4.08. The van der Waals surface area contributed by atoms with Crippen LogP contribution in [0.15, 0.2) is 12.3 Å². The molecule has 4 heteroatoms. The fraction of sp³-hybridized carbons (Fsp3) is 0.545. The molecule has 2 unspecified atom stereocenters. The van der Waals surface area contributed by atoms with Gasteiger partial charge in [0.1, 0.15) is 5.82 Å². The van der Waals surface area contributed by atoms with Gasteiger partial charge >= 0.3 is 0 Å². The van der Waals surface area contributed by atoms with E-state index in [1.54, 1.807) is 6.20 Å². The van der Waals surface area contributed by atoms with Gasteiger partial charge in [-0.3, -0.25) is 0 Å². The highest BCUT2D eigenvalue weighted by Crippen LogP contribution is 2.35. The van der Waals surface area contributed by atoms with E-state index in [1.807, 2.05) is 6.07 Å².